The van der Waals surface area contributed by atoms with Crippen LogP contribution in [0, 0.1) is 12.8 Å². The third-order valence-corrected chi connectivity index (χ3v) is 4.11. The number of hydrogen-bond donors (Lipinski definition) is 1. The molecule has 0 aromatic heterocycles. The smallest absolute Gasteiger partial charge is 0.0409 e. The van der Waals surface area contributed by atoms with Crippen LogP contribution in [-0.2, 0) is 0 Å². The third-order valence-electron chi connectivity index (χ3n) is 3.87. The van der Waals surface area contributed by atoms with Gasteiger partial charge in [0.05, 0.1) is 0 Å². The quantitative estimate of drug-likeness (QED) is 0.832. The summed E-state index contributed by atoms with van der Waals surface area (Å²) in [6.45, 7) is 5.39. The fourth-order valence-electron chi connectivity index (χ4n) is 2.99. The Morgan fingerprint density at radius 1 is 1.35 bits per heavy atom. The van der Waals surface area contributed by atoms with Gasteiger partial charge in [0, 0.05) is 11.1 Å². The summed E-state index contributed by atoms with van der Waals surface area (Å²) in [5.74, 6) is 0.784. The second-order valence-electron chi connectivity index (χ2n) is 5.08. The molecule has 1 saturated carbocycles. The summed E-state index contributed by atoms with van der Waals surface area (Å²) < 4.78 is 0. The zero-order valence-electron chi connectivity index (χ0n) is 10.8. The highest BCUT2D eigenvalue weighted by atomic mass is 35.5. The van der Waals surface area contributed by atoms with Gasteiger partial charge in [-0.15, -0.1) is 0 Å². The monoisotopic (exact) mass is 251 g/mol. The van der Waals surface area contributed by atoms with E-state index in [4.69, 9.17) is 11.6 Å². The first-order chi connectivity index (χ1) is 8.22. The van der Waals surface area contributed by atoms with Crippen LogP contribution in [0.15, 0.2) is 18.2 Å². The Labute approximate surface area is 110 Å². The van der Waals surface area contributed by atoms with Crippen molar-refractivity contribution in [2.75, 3.05) is 6.54 Å². The lowest BCUT2D eigenvalue weighted by molar-refractivity contribution is 0.373. The van der Waals surface area contributed by atoms with Crippen molar-refractivity contribution in [3.63, 3.8) is 0 Å². The molecule has 0 amide bonds. The van der Waals surface area contributed by atoms with E-state index in [2.05, 4.69) is 31.3 Å². The molecule has 0 bridgehead atoms. The number of nitrogens with one attached hydrogen (secondary N) is 1. The normalized spacial score (nSPS) is 18.5. The van der Waals surface area contributed by atoms with Crippen LogP contribution in [0.5, 0.6) is 0 Å². The van der Waals surface area contributed by atoms with Gasteiger partial charge in [-0.25, -0.2) is 0 Å². The minimum atomic E-state index is 0.487. The molecule has 1 atom stereocenters. The average molecular weight is 252 g/mol. The molecule has 1 fully saturated rings. The van der Waals surface area contributed by atoms with Crippen LogP contribution in [-0.4, -0.2) is 6.54 Å². The molecular formula is C15H22ClN. The average Bonchev–Trinajstić information content (AvgIpc) is 2.83. The molecule has 1 nitrogen and oxygen atoms in total. The lowest BCUT2D eigenvalue weighted by atomic mass is 9.89. The van der Waals surface area contributed by atoms with Gasteiger partial charge in [-0.05, 0) is 55.5 Å². The highest BCUT2D eigenvalue weighted by Gasteiger charge is 2.26. The van der Waals surface area contributed by atoms with E-state index in [0.717, 1.165) is 17.5 Å². The van der Waals surface area contributed by atoms with Gasteiger partial charge in [-0.3, -0.25) is 0 Å². The summed E-state index contributed by atoms with van der Waals surface area (Å²) in [6.07, 6.45) is 5.46. The molecule has 1 aromatic carbocycles. The van der Waals surface area contributed by atoms with Crippen molar-refractivity contribution < 1.29 is 0 Å². The molecule has 0 heterocycles. The maximum Gasteiger partial charge on any atom is 0.0409 e. The molecule has 1 aromatic rings. The number of benzene rings is 1. The van der Waals surface area contributed by atoms with Gasteiger partial charge in [-0.2, -0.15) is 0 Å². The van der Waals surface area contributed by atoms with Gasteiger partial charge in [0.1, 0.15) is 0 Å². The lowest BCUT2D eigenvalue weighted by Gasteiger charge is -2.26. The van der Waals surface area contributed by atoms with E-state index in [0.29, 0.717) is 6.04 Å². The molecular weight excluding hydrogens is 230 g/mol. The molecule has 0 saturated heterocycles. The predicted molar refractivity (Wildman–Crippen MR) is 74.6 cm³/mol. The van der Waals surface area contributed by atoms with Gasteiger partial charge in [-0.1, -0.05) is 37.4 Å². The van der Waals surface area contributed by atoms with E-state index in [1.165, 1.54) is 36.8 Å². The van der Waals surface area contributed by atoms with E-state index in [1.54, 1.807) is 0 Å². The van der Waals surface area contributed by atoms with Crippen LogP contribution in [0.1, 0.15) is 49.8 Å². The van der Waals surface area contributed by atoms with Crippen molar-refractivity contribution in [1.82, 2.24) is 5.32 Å². The molecule has 1 aliphatic carbocycles. The van der Waals surface area contributed by atoms with Crippen LogP contribution in [0.4, 0.5) is 0 Å². The zero-order valence-corrected chi connectivity index (χ0v) is 11.6. The molecule has 1 aliphatic rings. The number of rotatable bonds is 4. The second kappa shape index (κ2) is 5.88. The summed E-state index contributed by atoms with van der Waals surface area (Å²) in [5.41, 5.74) is 2.75. The van der Waals surface area contributed by atoms with Crippen LogP contribution >= 0.6 is 11.6 Å². The van der Waals surface area contributed by atoms with E-state index < -0.39 is 0 Å². The van der Waals surface area contributed by atoms with Crippen molar-refractivity contribution >= 4 is 11.6 Å². The summed E-state index contributed by atoms with van der Waals surface area (Å²) in [6, 6.07) is 6.75. The first-order valence-corrected chi connectivity index (χ1v) is 7.09. The van der Waals surface area contributed by atoms with E-state index in [1.807, 2.05) is 6.07 Å². The third kappa shape index (κ3) is 3.02. The Balaban J connectivity index is 2.27. The second-order valence-corrected chi connectivity index (χ2v) is 5.52. The number of halogens is 1. The van der Waals surface area contributed by atoms with Gasteiger partial charge >= 0.3 is 0 Å². The van der Waals surface area contributed by atoms with Crippen LogP contribution < -0.4 is 5.32 Å². The number of hydrogen-bond acceptors (Lipinski definition) is 1. The Kier molecular flexibility index (Phi) is 4.47. The van der Waals surface area contributed by atoms with Gasteiger partial charge in [0.2, 0.25) is 0 Å². The zero-order chi connectivity index (χ0) is 12.3. The summed E-state index contributed by atoms with van der Waals surface area (Å²) in [7, 11) is 0. The summed E-state index contributed by atoms with van der Waals surface area (Å²) >= 11 is 6.14. The molecule has 0 radical (unpaired) electrons. The standard InChI is InChI=1S/C15H22ClN/c1-3-17-15(12-6-4-5-7-12)14-10-13(16)9-8-11(14)2/h8-10,12,15,17H,3-7H2,1-2H3. The molecule has 17 heavy (non-hydrogen) atoms. The molecule has 2 heteroatoms. The van der Waals surface area contributed by atoms with Gasteiger partial charge in [0.15, 0.2) is 0 Å². The van der Waals surface area contributed by atoms with E-state index in [-0.39, 0.29) is 0 Å². The van der Waals surface area contributed by atoms with Crippen molar-refractivity contribution in [2.45, 2.75) is 45.6 Å². The van der Waals surface area contributed by atoms with Crippen molar-refractivity contribution in [3.8, 4) is 0 Å². The van der Waals surface area contributed by atoms with E-state index in [9.17, 15) is 0 Å². The molecule has 2 rings (SSSR count). The lowest BCUT2D eigenvalue weighted by Crippen LogP contribution is -2.27. The summed E-state index contributed by atoms with van der Waals surface area (Å²) in [4.78, 5) is 0. The predicted octanol–water partition coefficient (Wildman–Crippen LogP) is 4.49. The molecule has 1 unspecified atom stereocenters. The minimum Gasteiger partial charge on any atom is -0.310 e. The fraction of sp³-hybridized carbons (Fsp3) is 0.600. The molecule has 94 valence electrons. The van der Waals surface area contributed by atoms with Crippen molar-refractivity contribution in [1.29, 1.82) is 0 Å². The highest BCUT2D eigenvalue weighted by molar-refractivity contribution is 6.30. The first-order valence-electron chi connectivity index (χ1n) is 6.71. The maximum absolute atomic E-state index is 6.14. The van der Waals surface area contributed by atoms with Crippen molar-refractivity contribution in [3.05, 3.63) is 34.3 Å². The highest BCUT2D eigenvalue weighted by Crippen LogP contribution is 2.37. The minimum absolute atomic E-state index is 0.487. The Morgan fingerprint density at radius 2 is 2.06 bits per heavy atom. The van der Waals surface area contributed by atoms with Crippen LogP contribution in [0.25, 0.3) is 0 Å². The largest absolute Gasteiger partial charge is 0.310 e. The fourth-order valence-corrected chi connectivity index (χ4v) is 3.17. The molecule has 1 N–H and O–H groups in total. The van der Waals surface area contributed by atoms with E-state index >= 15 is 0 Å². The Morgan fingerprint density at radius 3 is 2.71 bits per heavy atom. The van der Waals surface area contributed by atoms with Crippen molar-refractivity contribution in [2.24, 2.45) is 5.92 Å². The van der Waals surface area contributed by atoms with Crippen LogP contribution in [0.2, 0.25) is 5.02 Å². The van der Waals surface area contributed by atoms with Gasteiger partial charge in [0.25, 0.3) is 0 Å². The van der Waals surface area contributed by atoms with Gasteiger partial charge < -0.3 is 5.32 Å². The summed E-state index contributed by atoms with van der Waals surface area (Å²) in [5, 5.41) is 4.50. The Hall–Kier alpha value is -0.530. The first kappa shape index (κ1) is 12.9. The Bertz CT molecular complexity index is 369. The topological polar surface area (TPSA) is 12.0 Å². The maximum atomic E-state index is 6.14. The SMILES string of the molecule is CCNC(c1cc(Cl)ccc1C)C1CCCC1. The molecule has 0 aliphatic heterocycles. The van der Waals surface area contributed by atoms with Crippen LogP contribution in [0.3, 0.4) is 0 Å². The number of aryl methyl sites for hydroxylation is 1. The molecule has 0 spiro atoms.